The summed E-state index contributed by atoms with van der Waals surface area (Å²) in [4.78, 5) is 16.1. The highest BCUT2D eigenvalue weighted by atomic mass is 16.5. The molecular weight excluding hydrogens is 368 g/mol. The van der Waals surface area contributed by atoms with Crippen molar-refractivity contribution in [1.82, 2.24) is 16.0 Å². The number of guanidine groups is 1. The minimum absolute atomic E-state index is 0.205. The van der Waals surface area contributed by atoms with Crippen molar-refractivity contribution in [2.45, 2.75) is 45.6 Å². The molecule has 0 bridgehead atoms. The second-order valence-corrected chi connectivity index (χ2v) is 7.43. The lowest BCUT2D eigenvalue weighted by atomic mass is 9.85. The first-order valence-electron chi connectivity index (χ1n) is 10.6. The molecule has 1 aromatic rings. The first-order valence-corrected chi connectivity index (χ1v) is 10.6. The lowest BCUT2D eigenvalue weighted by Crippen LogP contribution is -2.39. The quantitative estimate of drug-likeness (QED) is 0.283. The zero-order valence-electron chi connectivity index (χ0n) is 18.1. The molecule has 1 amide bonds. The molecule has 1 aliphatic carbocycles. The minimum Gasteiger partial charge on any atom is -0.493 e. The van der Waals surface area contributed by atoms with Crippen molar-refractivity contribution in [2.24, 2.45) is 10.9 Å². The predicted molar refractivity (Wildman–Crippen MR) is 116 cm³/mol. The third-order valence-electron chi connectivity index (χ3n) is 5.06. The van der Waals surface area contributed by atoms with Crippen LogP contribution in [0.25, 0.3) is 0 Å². The fourth-order valence-corrected chi connectivity index (χ4v) is 3.05. The van der Waals surface area contributed by atoms with Gasteiger partial charge in [0.2, 0.25) is 5.91 Å². The number of nitrogens with zero attached hydrogens (tertiary/aromatic N) is 1. The summed E-state index contributed by atoms with van der Waals surface area (Å²) in [6.07, 6.45) is 4.98. The number of hydrogen-bond donors (Lipinski definition) is 3. The van der Waals surface area contributed by atoms with Crippen LogP contribution in [0.4, 0.5) is 0 Å². The third kappa shape index (κ3) is 8.31. The van der Waals surface area contributed by atoms with Gasteiger partial charge in [-0.1, -0.05) is 18.6 Å². The summed E-state index contributed by atoms with van der Waals surface area (Å²) in [5.41, 5.74) is 2.26. The molecule has 1 saturated carbocycles. The van der Waals surface area contributed by atoms with E-state index in [-0.39, 0.29) is 11.8 Å². The van der Waals surface area contributed by atoms with Gasteiger partial charge in [-0.3, -0.25) is 9.79 Å². The summed E-state index contributed by atoms with van der Waals surface area (Å²) in [5.74, 6) is 2.08. The fraction of sp³-hybridized carbons (Fsp3) is 0.636. The Balaban J connectivity index is 1.70. The van der Waals surface area contributed by atoms with Crippen LogP contribution in [-0.4, -0.2) is 52.3 Å². The van der Waals surface area contributed by atoms with Crippen molar-refractivity contribution in [1.29, 1.82) is 0 Å². The number of carbonyl (C=O) groups excluding carboxylic acids is 1. The Morgan fingerprint density at radius 3 is 2.62 bits per heavy atom. The van der Waals surface area contributed by atoms with E-state index in [0.29, 0.717) is 26.3 Å². The molecule has 162 valence electrons. The molecule has 0 unspecified atom stereocenters. The number of aryl methyl sites for hydroxylation is 1. The normalized spacial score (nSPS) is 14.2. The van der Waals surface area contributed by atoms with Gasteiger partial charge in [0.15, 0.2) is 5.96 Å². The molecule has 3 N–H and O–H groups in total. The van der Waals surface area contributed by atoms with Gasteiger partial charge in [-0.05, 0) is 37.8 Å². The van der Waals surface area contributed by atoms with Gasteiger partial charge in [0.1, 0.15) is 5.75 Å². The smallest absolute Gasteiger partial charge is 0.223 e. The number of hydrogen-bond acceptors (Lipinski definition) is 4. The standard InChI is InChI=1S/C22H36N4O3/c1-17-9-10-19(20(15-17)29-14-6-13-28-3)16-26-22(23-2)25-12-5-11-24-21(27)18-7-4-8-18/h9-10,15,18H,4-8,11-14,16H2,1-3H3,(H,24,27)(H2,23,25,26). The van der Waals surface area contributed by atoms with E-state index < -0.39 is 0 Å². The number of amides is 1. The van der Waals surface area contributed by atoms with Crippen LogP contribution in [0.3, 0.4) is 0 Å². The van der Waals surface area contributed by atoms with E-state index in [1.165, 1.54) is 12.0 Å². The molecule has 1 aromatic carbocycles. The van der Waals surface area contributed by atoms with Gasteiger partial charge in [0.25, 0.3) is 0 Å². The maximum Gasteiger partial charge on any atom is 0.223 e. The zero-order chi connectivity index (χ0) is 20.9. The van der Waals surface area contributed by atoms with E-state index in [2.05, 4.69) is 46.1 Å². The molecule has 7 heteroatoms. The monoisotopic (exact) mass is 404 g/mol. The Hall–Kier alpha value is -2.28. The summed E-state index contributed by atoms with van der Waals surface area (Å²) >= 11 is 0. The summed E-state index contributed by atoms with van der Waals surface area (Å²) in [5, 5.41) is 9.63. The van der Waals surface area contributed by atoms with Gasteiger partial charge in [-0.25, -0.2) is 0 Å². The van der Waals surface area contributed by atoms with Crippen molar-refractivity contribution < 1.29 is 14.3 Å². The molecule has 0 aromatic heterocycles. The lowest BCUT2D eigenvalue weighted by molar-refractivity contribution is -0.127. The molecule has 0 radical (unpaired) electrons. The van der Waals surface area contributed by atoms with E-state index in [9.17, 15) is 4.79 Å². The highest BCUT2D eigenvalue weighted by Crippen LogP contribution is 2.26. The average molecular weight is 405 g/mol. The van der Waals surface area contributed by atoms with Gasteiger partial charge in [-0.2, -0.15) is 0 Å². The second-order valence-electron chi connectivity index (χ2n) is 7.43. The first kappa shape index (κ1) is 23.0. The van der Waals surface area contributed by atoms with Crippen molar-refractivity contribution in [3.63, 3.8) is 0 Å². The molecule has 7 nitrogen and oxygen atoms in total. The summed E-state index contributed by atoms with van der Waals surface area (Å²) in [6.45, 7) is 5.44. The van der Waals surface area contributed by atoms with E-state index in [1.54, 1.807) is 14.2 Å². The molecule has 2 rings (SSSR count). The number of nitrogens with one attached hydrogen (secondary N) is 3. The van der Waals surface area contributed by atoms with Gasteiger partial charge in [0.05, 0.1) is 6.61 Å². The van der Waals surface area contributed by atoms with E-state index in [1.807, 2.05) is 0 Å². The largest absolute Gasteiger partial charge is 0.493 e. The van der Waals surface area contributed by atoms with Crippen molar-refractivity contribution in [2.75, 3.05) is 40.5 Å². The molecule has 29 heavy (non-hydrogen) atoms. The maximum absolute atomic E-state index is 11.8. The van der Waals surface area contributed by atoms with Gasteiger partial charge in [-0.15, -0.1) is 0 Å². The number of carbonyl (C=O) groups is 1. The molecule has 0 atom stereocenters. The van der Waals surface area contributed by atoms with Crippen LogP contribution in [0.5, 0.6) is 5.75 Å². The topological polar surface area (TPSA) is 84.0 Å². The van der Waals surface area contributed by atoms with E-state index in [0.717, 1.165) is 49.5 Å². The Labute approximate surface area is 174 Å². The molecule has 0 aliphatic heterocycles. The number of benzene rings is 1. The summed E-state index contributed by atoms with van der Waals surface area (Å²) in [6, 6.07) is 6.22. The molecule has 0 saturated heterocycles. The fourth-order valence-electron chi connectivity index (χ4n) is 3.05. The SMILES string of the molecule is CN=C(NCCCNC(=O)C1CCC1)NCc1ccc(C)cc1OCCCOC. The van der Waals surface area contributed by atoms with Crippen LogP contribution in [0, 0.1) is 12.8 Å². The summed E-state index contributed by atoms with van der Waals surface area (Å²) in [7, 11) is 3.45. The van der Waals surface area contributed by atoms with Crippen LogP contribution in [-0.2, 0) is 16.1 Å². The maximum atomic E-state index is 11.8. The molecule has 0 heterocycles. The number of rotatable bonds is 12. The van der Waals surface area contributed by atoms with Crippen molar-refractivity contribution in [3.05, 3.63) is 29.3 Å². The molecule has 1 aliphatic rings. The number of ether oxygens (including phenoxy) is 2. The highest BCUT2D eigenvalue weighted by molar-refractivity contribution is 5.80. The molecule has 1 fully saturated rings. The van der Waals surface area contributed by atoms with E-state index in [4.69, 9.17) is 9.47 Å². The Morgan fingerprint density at radius 2 is 1.93 bits per heavy atom. The third-order valence-corrected chi connectivity index (χ3v) is 5.06. The minimum atomic E-state index is 0.205. The lowest BCUT2D eigenvalue weighted by Gasteiger charge is -2.24. The second kappa shape index (κ2) is 13.0. The summed E-state index contributed by atoms with van der Waals surface area (Å²) < 4.78 is 11.0. The van der Waals surface area contributed by atoms with E-state index >= 15 is 0 Å². The number of methoxy groups -OCH3 is 1. The van der Waals surface area contributed by atoms with Crippen LogP contribution in [0.2, 0.25) is 0 Å². The molecular formula is C22H36N4O3. The van der Waals surface area contributed by atoms with Crippen LogP contribution < -0.4 is 20.7 Å². The Bertz CT molecular complexity index is 659. The predicted octanol–water partition coefficient (Wildman–Crippen LogP) is 2.38. The van der Waals surface area contributed by atoms with Crippen molar-refractivity contribution >= 4 is 11.9 Å². The highest BCUT2D eigenvalue weighted by Gasteiger charge is 2.24. The van der Waals surface area contributed by atoms with Crippen molar-refractivity contribution in [3.8, 4) is 5.75 Å². The van der Waals surface area contributed by atoms with Gasteiger partial charge >= 0.3 is 0 Å². The number of aliphatic imine (C=N–C) groups is 1. The molecule has 0 spiro atoms. The van der Waals surface area contributed by atoms with Gasteiger partial charge in [0, 0.05) is 58.3 Å². The Kier molecular flexibility index (Phi) is 10.3. The van der Waals surface area contributed by atoms with Crippen LogP contribution in [0.15, 0.2) is 23.2 Å². The Morgan fingerprint density at radius 1 is 1.14 bits per heavy atom. The zero-order valence-corrected chi connectivity index (χ0v) is 18.1. The first-order chi connectivity index (χ1) is 14.1. The average Bonchev–Trinajstić information content (AvgIpc) is 2.67. The van der Waals surface area contributed by atoms with Gasteiger partial charge < -0.3 is 25.4 Å². The van der Waals surface area contributed by atoms with Crippen LogP contribution in [0.1, 0.15) is 43.2 Å². The van der Waals surface area contributed by atoms with Crippen LogP contribution >= 0.6 is 0 Å².